The minimum Gasteiger partial charge on any atom is -0.315 e. The lowest BCUT2D eigenvalue weighted by Crippen LogP contribution is -2.19. The van der Waals surface area contributed by atoms with Crippen LogP contribution in [0, 0.1) is 0 Å². The standard InChI is InChI=1S/C19H18N4O/c1-3-15-17(13-8-6-5-7-9-13)18-20-12-14-16(23(18)21-15)10-11-22(4-2)19(14)24/h5-12H,3-4H2,1-2H3. The first-order chi connectivity index (χ1) is 11.7. The van der Waals surface area contributed by atoms with Crippen LogP contribution < -0.4 is 5.56 Å². The maximum absolute atomic E-state index is 12.5. The molecule has 24 heavy (non-hydrogen) atoms. The molecule has 4 aromatic rings. The van der Waals surface area contributed by atoms with Gasteiger partial charge in [0.2, 0.25) is 0 Å². The van der Waals surface area contributed by atoms with Crippen molar-refractivity contribution in [3.05, 3.63) is 64.8 Å². The minimum atomic E-state index is -0.0285. The Bertz CT molecular complexity index is 1090. The van der Waals surface area contributed by atoms with Crippen LogP contribution in [0.1, 0.15) is 19.5 Å². The number of aromatic nitrogens is 4. The Hall–Kier alpha value is -2.95. The number of rotatable bonds is 3. The quantitative estimate of drug-likeness (QED) is 0.582. The second-order valence-electron chi connectivity index (χ2n) is 5.74. The average Bonchev–Trinajstić information content (AvgIpc) is 3.01. The van der Waals surface area contributed by atoms with Gasteiger partial charge in [0.1, 0.15) is 0 Å². The van der Waals surface area contributed by atoms with E-state index < -0.39 is 0 Å². The van der Waals surface area contributed by atoms with Gasteiger partial charge in [-0.05, 0) is 25.0 Å². The van der Waals surface area contributed by atoms with E-state index in [1.807, 2.05) is 37.4 Å². The van der Waals surface area contributed by atoms with Crippen LogP contribution >= 0.6 is 0 Å². The summed E-state index contributed by atoms with van der Waals surface area (Å²) in [6, 6.07) is 12.1. The first-order valence-electron chi connectivity index (χ1n) is 8.19. The second kappa shape index (κ2) is 5.60. The summed E-state index contributed by atoms with van der Waals surface area (Å²) in [6.07, 6.45) is 4.30. The van der Waals surface area contributed by atoms with Crippen molar-refractivity contribution in [2.45, 2.75) is 26.8 Å². The molecule has 0 saturated carbocycles. The average molecular weight is 318 g/mol. The molecule has 5 heteroatoms. The lowest BCUT2D eigenvalue weighted by Gasteiger charge is -2.05. The Morgan fingerprint density at radius 3 is 2.58 bits per heavy atom. The third-order valence-electron chi connectivity index (χ3n) is 4.40. The van der Waals surface area contributed by atoms with Crippen molar-refractivity contribution in [1.82, 2.24) is 19.2 Å². The molecule has 0 atom stereocenters. The van der Waals surface area contributed by atoms with Gasteiger partial charge in [-0.3, -0.25) is 4.79 Å². The maximum atomic E-state index is 12.5. The summed E-state index contributed by atoms with van der Waals surface area (Å²) < 4.78 is 3.48. The molecule has 3 heterocycles. The number of benzene rings is 1. The Balaban J connectivity index is 2.11. The van der Waals surface area contributed by atoms with E-state index in [-0.39, 0.29) is 5.56 Å². The summed E-state index contributed by atoms with van der Waals surface area (Å²) in [5.41, 5.74) is 4.68. The highest BCUT2D eigenvalue weighted by molar-refractivity contribution is 5.86. The molecule has 0 aliphatic heterocycles. The zero-order valence-corrected chi connectivity index (χ0v) is 13.7. The van der Waals surface area contributed by atoms with Gasteiger partial charge >= 0.3 is 0 Å². The van der Waals surface area contributed by atoms with E-state index in [1.54, 1.807) is 15.3 Å². The van der Waals surface area contributed by atoms with E-state index >= 15 is 0 Å². The summed E-state index contributed by atoms with van der Waals surface area (Å²) in [5, 5.41) is 5.33. The maximum Gasteiger partial charge on any atom is 0.261 e. The number of pyridine rings is 1. The molecule has 120 valence electrons. The third-order valence-corrected chi connectivity index (χ3v) is 4.40. The molecule has 0 saturated heterocycles. The lowest BCUT2D eigenvalue weighted by molar-refractivity contribution is 0.732. The fourth-order valence-electron chi connectivity index (χ4n) is 3.15. The predicted octanol–water partition coefficient (Wildman–Crippen LogP) is 3.29. The highest BCUT2D eigenvalue weighted by Crippen LogP contribution is 2.29. The summed E-state index contributed by atoms with van der Waals surface area (Å²) >= 11 is 0. The first kappa shape index (κ1) is 14.6. The number of fused-ring (bicyclic) bond motifs is 3. The second-order valence-corrected chi connectivity index (χ2v) is 5.74. The van der Waals surface area contributed by atoms with Crippen molar-refractivity contribution in [3.8, 4) is 11.1 Å². The van der Waals surface area contributed by atoms with Crippen LogP contribution in [0.2, 0.25) is 0 Å². The van der Waals surface area contributed by atoms with Crippen LogP contribution in [0.15, 0.2) is 53.6 Å². The van der Waals surface area contributed by atoms with Crippen molar-refractivity contribution in [2.24, 2.45) is 0 Å². The monoisotopic (exact) mass is 318 g/mol. The van der Waals surface area contributed by atoms with Gasteiger partial charge in [-0.2, -0.15) is 5.10 Å². The SMILES string of the molecule is CCc1nn2c(ncc3c(=O)n(CC)ccc32)c1-c1ccccc1. The molecule has 0 bridgehead atoms. The van der Waals surface area contributed by atoms with Crippen LogP contribution in [0.25, 0.3) is 27.7 Å². The molecule has 4 rings (SSSR count). The zero-order chi connectivity index (χ0) is 16.7. The molecule has 1 aromatic carbocycles. The minimum absolute atomic E-state index is 0.0285. The molecule has 0 unspecified atom stereocenters. The molecule has 0 radical (unpaired) electrons. The molecular weight excluding hydrogens is 300 g/mol. The topological polar surface area (TPSA) is 52.2 Å². The van der Waals surface area contributed by atoms with Gasteiger partial charge in [-0.15, -0.1) is 0 Å². The van der Waals surface area contributed by atoms with Crippen molar-refractivity contribution in [2.75, 3.05) is 0 Å². The molecular formula is C19H18N4O. The Morgan fingerprint density at radius 2 is 1.88 bits per heavy atom. The molecule has 0 aliphatic rings. The summed E-state index contributed by atoms with van der Waals surface area (Å²) in [6.45, 7) is 4.68. The van der Waals surface area contributed by atoms with Gasteiger partial charge in [0.15, 0.2) is 5.65 Å². The van der Waals surface area contributed by atoms with Crippen molar-refractivity contribution >= 4 is 16.6 Å². The van der Waals surface area contributed by atoms with E-state index in [9.17, 15) is 4.79 Å². The van der Waals surface area contributed by atoms with Crippen LogP contribution in [-0.4, -0.2) is 19.2 Å². The molecule has 0 N–H and O–H groups in total. The molecule has 0 spiro atoms. The summed E-state index contributed by atoms with van der Waals surface area (Å²) in [4.78, 5) is 17.1. The largest absolute Gasteiger partial charge is 0.315 e. The van der Waals surface area contributed by atoms with Crippen LogP contribution in [-0.2, 0) is 13.0 Å². The summed E-state index contributed by atoms with van der Waals surface area (Å²) in [5.74, 6) is 0. The molecule has 0 aliphatic carbocycles. The van der Waals surface area contributed by atoms with Crippen LogP contribution in [0.5, 0.6) is 0 Å². The van der Waals surface area contributed by atoms with E-state index in [0.29, 0.717) is 11.9 Å². The first-order valence-corrected chi connectivity index (χ1v) is 8.19. The highest BCUT2D eigenvalue weighted by atomic mass is 16.1. The van der Waals surface area contributed by atoms with Gasteiger partial charge in [-0.1, -0.05) is 37.3 Å². The molecule has 0 amide bonds. The molecule has 5 nitrogen and oxygen atoms in total. The van der Waals surface area contributed by atoms with Crippen molar-refractivity contribution < 1.29 is 0 Å². The number of aryl methyl sites for hydroxylation is 2. The number of hydrogen-bond acceptors (Lipinski definition) is 3. The number of hydrogen-bond donors (Lipinski definition) is 0. The van der Waals surface area contributed by atoms with Crippen LogP contribution in [0.3, 0.4) is 0 Å². The smallest absolute Gasteiger partial charge is 0.261 e. The summed E-state index contributed by atoms with van der Waals surface area (Å²) in [7, 11) is 0. The molecule has 0 fully saturated rings. The normalized spacial score (nSPS) is 11.4. The van der Waals surface area contributed by atoms with Gasteiger partial charge in [0, 0.05) is 24.5 Å². The molecule has 3 aromatic heterocycles. The van der Waals surface area contributed by atoms with Gasteiger partial charge in [0.05, 0.1) is 16.6 Å². The van der Waals surface area contributed by atoms with Crippen LogP contribution in [0.4, 0.5) is 0 Å². The van der Waals surface area contributed by atoms with E-state index in [4.69, 9.17) is 5.10 Å². The lowest BCUT2D eigenvalue weighted by atomic mass is 10.0. The van der Waals surface area contributed by atoms with E-state index in [2.05, 4.69) is 24.0 Å². The Morgan fingerprint density at radius 1 is 1.08 bits per heavy atom. The van der Waals surface area contributed by atoms with Gasteiger partial charge in [0.25, 0.3) is 5.56 Å². The zero-order valence-electron chi connectivity index (χ0n) is 13.7. The van der Waals surface area contributed by atoms with Gasteiger partial charge in [-0.25, -0.2) is 9.50 Å². The highest BCUT2D eigenvalue weighted by Gasteiger charge is 2.17. The third kappa shape index (κ3) is 2.05. The van der Waals surface area contributed by atoms with E-state index in [1.165, 1.54) is 0 Å². The Labute approximate surface area is 139 Å². The number of nitrogens with zero attached hydrogens (tertiary/aromatic N) is 4. The van der Waals surface area contributed by atoms with Crippen molar-refractivity contribution in [3.63, 3.8) is 0 Å². The fraction of sp³-hybridized carbons (Fsp3) is 0.211. The van der Waals surface area contributed by atoms with Gasteiger partial charge < -0.3 is 4.57 Å². The van der Waals surface area contributed by atoms with Crippen molar-refractivity contribution in [1.29, 1.82) is 0 Å². The predicted molar refractivity (Wildman–Crippen MR) is 95.2 cm³/mol. The fourth-order valence-corrected chi connectivity index (χ4v) is 3.15. The van der Waals surface area contributed by atoms with E-state index in [0.717, 1.165) is 34.4 Å². The Kier molecular flexibility index (Phi) is 3.41.